The van der Waals surface area contributed by atoms with Gasteiger partial charge in [-0.3, -0.25) is 9.69 Å². The monoisotopic (exact) mass is 379 g/mol. The fraction of sp³-hybridized carbons (Fsp3) is 0.111. The highest BCUT2D eigenvalue weighted by atomic mass is 32.2. The normalized spacial score (nSPS) is 16.8. The molecule has 3 rings (SSSR count). The average molecular weight is 379 g/mol. The summed E-state index contributed by atoms with van der Waals surface area (Å²) in [5.41, 5.74) is 1.22. The second-order valence-corrected chi connectivity index (χ2v) is 7.15. The van der Waals surface area contributed by atoms with Gasteiger partial charge in [-0.05, 0) is 36.8 Å². The van der Waals surface area contributed by atoms with Crippen LogP contribution in [-0.2, 0) is 11.0 Å². The summed E-state index contributed by atoms with van der Waals surface area (Å²) in [5.74, 6) is -0.421. The number of thioether (sulfide) groups is 1. The van der Waals surface area contributed by atoms with E-state index in [1.54, 1.807) is 6.08 Å². The SMILES string of the molecule is Cc1ccc(/C=C2\SC(=S)N(c3cccc(C(F)(F)F)c3)C2=O)cc1. The number of hydrogen-bond donors (Lipinski definition) is 0. The first-order valence-corrected chi connectivity index (χ1v) is 8.50. The summed E-state index contributed by atoms with van der Waals surface area (Å²) < 4.78 is 38.9. The third kappa shape index (κ3) is 3.77. The molecule has 1 aliphatic rings. The third-order valence-corrected chi connectivity index (χ3v) is 4.90. The van der Waals surface area contributed by atoms with E-state index >= 15 is 0 Å². The number of thiocarbonyl (C=S) groups is 1. The summed E-state index contributed by atoms with van der Waals surface area (Å²) in [6.07, 6.45) is -2.79. The van der Waals surface area contributed by atoms with Crippen molar-refractivity contribution >= 4 is 46.0 Å². The predicted octanol–water partition coefficient (Wildman–Crippen LogP) is 5.42. The number of alkyl halides is 3. The molecule has 0 spiro atoms. The molecule has 2 nitrogen and oxygen atoms in total. The van der Waals surface area contributed by atoms with Crippen LogP contribution in [-0.4, -0.2) is 10.2 Å². The highest BCUT2D eigenvalue weighted by Crippen LogP contribution is 2.38. The van der Waals surface area contributed by atoms with E-state index in [-0.39, 0.29) is 10.0 Å². The zero-order valence-corrected chi connectivity index (χ0v) is 14.6. The van der Waals surface area contributed by atoms with Gasteiger partial charge in [-0.25, -0.2) is 0 Å². The summed E-state index contributed by atoms with van der Waals surface area (Å²) in [4.78, 5) is 14.1. The maximum atomic E-state index is 12.9. The van der Waals surface area contributed by atoms with Crippen molar-refractivity contribution in [2.24, 2.45) is 0 Å². The molecule has 0 radical (unpaired) electrons. The zero-order valence-electron chi connectivity index (χ0n) is 13.0. The van der Waals surface area contributed by atoms with Crippen LogP contribution in [0.1, 0.15) is 16.7 Å². The Morgan fingerprint density at radius 2 is 1.80 bits per heavy atom. The van der Waals surface area contributed by atoms with Crippen molar-refractivity contribution in [1.29, 1.82) is 0 Å². The van der Waals surface area contributed by atoms with Crippen LogP contribution in [0.2, 0.25) is 0 Å². The molecule has 0 aliphatic carbocycles. The van der Waals surface area contributed by atoms with Crippen LogP contribution in [0.5, 0.6) is 0 Å². The molecule has 1 aliphatic heterocycles. The van der Waals surface area contributed by atoms with Crippen molar-refractivity contribution in [3.63, 3.8) is 0 Å². The topological polar surface area (TPSA) is 20.3 Å². The fourth-order valence-electron chi connectivity index (χ4n) is 2.33. The smallest absolute Gasteiger partial charge is 0.268 e. The minimum atomic E-state index is -4.48. The molecule has 7 heteroatoms. The van der Waals surface area contributed by atoms with Gasteiger partial charge in [-0.1, -0.05) is 59.9 Å². The van der Waals surface area contributed by atoms with E-state index in [9.17, 15) is 18.0 Å². The molecule has 1 fully saturated rings. The molecule has 0 N–H and O–H groups in total. The number of hydrogen-bond acceptors (Lipinski definition) is 3. The van der Waals surface area contributed by atoms with Gasteiger partial charge in [-0.2, -0.15) is 13.2 Å². The first-order chi connectivity index (χ1) is 11.8. The number of anilines is 1. The second kappa shape index (κ2) is 6.65. The fourth-order valence-corrected chi connectivity index (χ4v) is 3.62. The molecule has 0 saturated carbocycles. The van der Waals surface area contributed by atoms with Crippen molar-refractivity contribution in [3.8, 4) is 0 Å². The Bertz CT molecular complexity index is 873. The van der Waals surface area contributed by atoms with Gasteiger partial charge in [0.25, 0.3) is 5.91 Å². The van der Waals surface area contributed by atoms with E-state index in [0.717, 1.165) is 39.9 Å². The average Bonchev–Trinajstić information content (AvgIpc) is 2.83. The number of halogens is 3. The predicted molar refractivity (Wildman–Crippen MR) is 98.3 cm³/mol. The van der Waals surface area contributed by atoms with Gasteiger partial charge in [0.05, 0.1) is 16.2 Å². The van der Waals surface area contributed by atoms with Crippen LogP contribution in [0.4, 0.5) is 18.9 Å². The lowest BCUT2D eigenvalue weighted by atomic mass is 10.1. The van der Waals surface area contributed by atoms with Crippen molar-refractivity contribution in [1.82, 2.24) is 0 Å². The minimum absolute atomic E-state index is 0.115. The summed E-state index contributed by atoms with van der Waals surface area (Å²) in [6, 6.07) is 12.2. The van der Waals surface area contributed by atoms with Crippen LogP contribution in [0.3, 0.4) is 0 Å². The maximum absolute atomic E-state index is 12.9. The van der Waals surface area contributed by atoms with E-state index in [1.807, 2.05) is 31.2 Å². The molecule has 1 heterocycles. The quantitative estimate of drug-likeness (QED) is 0.513. The Balaban J connectivity index is 1.93. The van der Waals surface area contributed by atoms with Crippen LogP contribution >= 0.6 is 24.0 Å². The lowest BCUT2D eigenvalue weighted by Crippen LogP contribution is -2.27. The largest absolute Gasteiger partial charge is 0.416 e. The Hall–Kier alpha value is -2.12. The van der Waals surface area contributed by atoms with E-state index in [4.69, 9.17) is 12.2 Å². The molecule has 2 aromatic carbocycles. The molecule has 0 bridgehead atoms. The minimum Gasteiger partial charge on any atom is -0.268 e. The summed E-state index contributed by atoms with van der Waals surface area (Å²) in [5, 5.41) is 0. The molecular formula is C18H12F3NOS2. The highest BCUT2D eigenvalue weighted by Gasteiger charge is 2.36. The van der Waals surface area contributed by atoms with E-state index in [1.165, 1.54) is 12.1 Å². The molecule has 128 valence electrons. The standard InChI is InChI=1S/C18H12F3NOS2/c1-11-5-7-12(8-6-11)9-15-16(23)22(17(24)25-15)14-4-2-3-13(10-14)18(19,20)21/h2-10H,1H3/b15-9-. The molecule has 2 aromatic rings. The van der Waals surface area contributed by atoms with Gasteiger partial charge in [-0.15, -0.1) is 0 Å². The van der Waals surface area contributed by atoms with Crippen molar-refractivity contribution < 1.29 is 18.0 Å². The van der Waals surface area contributed by atoms with Gasteiger partial charge in [0.15, 0.2) is 4.32 Å². The summed E-state index contributed by atoms with van der Waals surface area (Å²) in [7, 11) is 0. The van der Waals surface area contributed by atoms with E-state index in [0.29, 0.717) is 4.91 Å². The Morgan fingerprint density at radius 3 is 2.44 bits per heavy atom. The number of rotatable bonds is 2. The third-order valence-electron chi connectivity index (χ3n) is 3.60. The Labute approximate surface area is 152 Å². The van der Waals surface area contributed by atoms with Gasteiger partial charge < -0.3 is 0 Å². The van der Waals surface area contributed by atoms with Gasteiger partial charge in [0, 0.05) is 0 Å². The van der Waals surface area contributed by atoms with Crippen molar-refractivity contribution in [2.45, 2.75) is 13.1 Å². The van der Waals surface area contributed by atoms with Crippen LogP contribution in [0.15, 0.2) is 53.4 Å². The van der Waals surface area contributed by atoms with Crippen LogP contribution in [0, 0.1) is 6.92 Å². The molecule has 1 saturated heterocycles. The van der Waals surface area contributed by atoms with Gasteiger partial charge >= 0.3 is 6.18 Å². The number of carbonyl (C=O) groups is 1. The summed E-state index contributed by atoms with van der Waals surface area (Å²) >= 11 is 6.27. The molecule has 0 atom stereocenters. The molecular weight excluding hydrogens is 367 g/mol. The molecule has 1 amide bonds. The number of aryl methyl sites for hydroxylation is 1. The number of benzene rings is 2. The van der Waals surface area contributed by atoms with E-state index in [2.05, 4.69) is 0 Å². The molecule has 0 unspecified atom stereocenters. The lowest BCUT2D eigenvalue weighted by molar-refractivity contribution is -0.137. The number of nitrogens with zero attached hydrogens (tertiary/aromatic N) is 1. The molecule has 25 heavy (non-hydrogen) atoms. The Morgan fingerprint density at radius 1 is 1.12 bits per heavy atom. The van der Waals surface area contributed by atoms with Gasteiger partial charge in [0.2, 0.25) is 0 Å². The lowest BCUT2D eigenvalue weighted by Gasteiger charge is -2.16. The number of carbonyl (C=O) groups excluding carboxylic acids is 1. The van der Waals surface area contributed by atoms with Crippen LogP contribution in [0.25, 0.3) is 6.08 Å². The first kappa shape index (κ1) is 17.7. The second-order valence-electron chi connectivity index (χ2n) is 5.48. The first-order valence-electron chi connectivity index (χ1n) is 7.27. The van der Waals surface area contributed by atoms with E-state index < -0.39 is 17.6 Å². The highest BCUT2D eigenvalue weighted by molar-refractivity contribution is 8.27. The van der Waals surface area contributed by atoms with Crippen LogP contribution < -0.4 is 4.90 Å². The van der Waals surface area contributed by atoms with Gasteiger partial charge in [0.1, 0.15) is 0 Å². The summed E-state index contributed by atoms with van der Waals surface area (Å²) in [6.45, 7) is 1.96. The zero-order chi connectivity index (χ0) is 18.2. The molecule has 0 aromatic heterocycles. The van der Waals surface area contributed by atoms with Crippen molar-refractivity contribution in [2.75, 3.05) is 4.90 Å². The van der Waals surface area contributed by atoms with Crippen molar-refractivity contribution in [3.05, 3.63) is 70.1 Å². The number of amides is 1. The Kier molecular flexibility index (Phi) is 4.71. The maximum Gasteiger partial charge on any atom is 0.416 e.